The van der Waals surface area contributed by atoms with Crippen LogP contribution >= 0.6 is 0 Å². The number of para-hydroxylation sites is 1. The van der Waals surface area contributed by atoms with Gasteiger partial charge in [0.1, 0.15) is 5.60 Å². The summed E-state index contributed by atoms with van der Waals surface area (Å²) in [6.45, 7) is 2.40. The van der Waals surface area contributed by atoms with Crippen LogP contribution in [0.15, 0.2) is 36.4 Å². The predicted molar refractivity (Wildman–Crippen MR) is 76.9 cm³/mol. The molecule has 2 fully saturated rings. The number of carbonyl (C=O) groups is 2. The molecule has 5 heteroatoms. The zero-order chi connectivity index (χ0) is 15.5. The first-order valence-corrected chi connectivity index (χ1v) is 7.55. The molecule has 1 aromatic rings. The molecular weight excluding hydrogens is 282 g/mol. The van der Waals surface area contributed by atoms with E-state index in [-0.39, 0.29) is 5.91 Å². The van der Waals surface area contributed by atoms with E-state index in [2.05, 4.69) is 0 Å². The van der Waals surface area contributed by atoms with E-state index in [1.54, 1.807) is 11.0 Å². The van der Waals surface area contributed by atoms with Crippen LogP contribution in [0.3, 0.4) is 0 Å². The molecule has 0 saturated carbocycles. The third-order valence-electron chi connectivity index (χ3n) is 5.04. The lowest BCUT2D eigenvalue weighted by molar-refractivity contribution is -0.313. The molecule has 5 nitrogen and oxygen atoms in total. The highest BCUT2D eigenvalue weighted by atomic mass is 16.5. The van der Waals surface area contributed by atoms with Gasteiger partial charge in [-0.1, -0.05) is 37.3 Å². The van der Waals surface area contributed by atoms with Crippen molar-refractivity contribution in [1.29, 1.82) is 0 Å². The summed E-state index contributed by atoms with van der Waals surface area (Å²) >= 11 is 0. The minimum atomic E-state index is -1.21. The minimum absolute atomic E-state index is 0.179. The van der Waals surface area contributed by atoms with Crippen molar-refractivity contribution in [1.82, 2.24) is 0 Å². The SMILES string of the molecule is CCc1ccccc1N1C[C@]23C=C[C@@H](O2)[C@@H](C(=O)[O-])[C@@H]3C1=O. The van der Waals surface area contributed by atoms with Gasteiger partial charge < -0.3 is 19.5 Å². The lowest BCUT2D eigenvalue weighted by Gasteiger charge is -2.24. The number of anilines is 1. The first-order chi connectivity index (χ1) is 10.6. The third kappa shape index (κ3) is 1.57. The van der Waals surface area contributed by atoms with E-state index in [9.17, 15) is 14.7 Å². The summed E-state index contributed by atoms with van der Waals surface area (Å²) in [6, 6.07) is 7.71. The zero-order valence-corrected chi connectivity index (χ0v) is 12.2. The van der Waals surface area contributed by atoms with Gasteiger partial charge in [0.15, 0.2) is 0 Å². The summed E-state index contributed by atoms with van der Waals surface area (Å²) in [6.07, 6.45) is 3.87. The normalized spacial score (nSPS) is 35.2. The van der Waals surface area contributed by atoms with Gasteiger partial charge >= 0.3 is 0 Å². The van der Waals surface area contributed by atoms with Gasteiger partial charge in [-0.2, -0.15) is 0 Å². The predicted octanol–water partition coefficient (Wildman–Crippen LogP) is 0.285. The van der Waals surface area contributed by atoms with E-state index < -0.39 is 29.5 Å². The lowest BCUT2D eigenvalue weighted by atomic mass is 9.77. The van der Waals surface area contributed by atoms with E-state index >= 15 is 0 Å². The summed E-state index contributed by atoms with van der Waals surface area (Å²) in [5.74, 6) is -2.96. The Morgan fingerprint density at radius 1 is 1.45 bits per heavy atom. The smallest absolute Gasteiger partial charge is 0.234 e. The molecule has 3 heterocycles. The van der Waals surface area contributed by atoms with Crippen molar-refractivity contribution in [2.45, 2.75) is 25.0 Å². The van der Waals surface area contributed by atoms with Crippen LogP contribution in [-0.4, -0.2) is 30.1 Å². The number of ether oxygens (including phenoxy) is 1. The summed E-state index contributed by atoms with van der Waals surface area (Å²) in [5, 5.41) is 11.4. The molecule has 0 unspecified atom stereocenters. The summed E-state index contributed by atoms with van der Waals surface area (Å²) in [5.41, 5.74) is 1.10. The largest absolute Gasteiger partial charge is 0.550 e. The average molecular weight is 298 g/mol. The molecule has 3 aliphatic rings. The fourth-order valence-electron chi connectivity index (χ4n) is 4.04. The van der Waals surface area contributed by atoms with Crippen LogP contribution in [0.1, 0.15) is 12.5 Å². The van der Waals surface area contributed by atoms with Crippen LogP contribution in [0.5, 0.6) is 0 Å². The van der Waals surface area contributed by atoms with Crippen LogP contribution in [0.2, 0.25) is 0 Å². The molecular formula is C17H16NO4-. The van der Waals surface area contributed by atoms with Crippen LogP contribution in [0.25, 0.3) is 0 Å². The molecule has 4 atom stereocenters. The van der Waals surface area contributed by atoms with Crippen molar-refractivity contribution in [2.24, 2.45) is 11.8 Å². The molecule has 0 aliphatic carbocycles. The summed E-state index contributed by atoms with van der Waals surface area (Å²) in [7, 11) is 0. The van der Waals surface area contributed by atoms with Gasteiger partial charge in [0, 0.05) is 17.6 Å². The monoisotopic (exact) mass is 298 g/mol. The molecule has 22 heavy (non-hydrogen) atoms. The second-order valence-corrected chi connectivity index (χ2v) is 6.13. The molecule has 0 N–H and O–H groups in total. The number of carboxylic acids is 1. The Hall–Kier alpha value is -2.14. The standard InChI is InChI=1S/C17H17NO4/c1-2-10-5-3-4-6-11(10)18-9-17-8-7-12(22-17)13(16(20)21)14(17)15(18)19/h3-8,12-14H,2,9H2,1H3,(H,20,21)/p-1/t12-,13-,14-,17+/m1/s1. The molecule has 114 valence electrons. The Balaban J connectivity index is 1.77. The van der Waals surface area contributed by atoms with Crippen LogP contribution in [-0.2, 0) is 20.7 Å². The summed E-state index contributed by atoms with van der Waals surface area (Å²) in [4.78, 5) is 26.0. The highest BCUT2D eigenvalue weighted by Gasteiger charge is 2.65. The Kier molecular flexibility index (Phi) is 2.72. The maximum absolute atomic E-state index is 12.9. The number of carboxylic acid groups (broad SMARTS) is 1. The molecule has 3 aliphatic heterocycles. The van der Waals surface area contributed by atoms with E-state index in [1.807, 2.05) is 37.3 Å². The maximum atomic E-state index is 12.9. The van der Waals surface area contributed by atoms with Gasteiger partial charge in [-0.3, -0.25) is 4.79 Å². The topological polar surface area (TPSA) is 69.7 Å². The van der Waals surface area contributed by atoms with E-state index in [1.165, 1.54) is 0 Å². The second kappa shape index (κ2) is 4.43. The van der Waals surface area contributed by atoms with Crippen LogP contribution in [0, 0.1) is 11.8 Å². The Morgan fingerprint density at radius 2 is 2.23 bits per heavy atom. The molecule has 0 radical (unpaired) electrons. The highest BCUT2D eigenvalue weighted by molar-refractivity contribution is 6.02. The molecule has 1 spiro atoms. The zero-order valence-electron chi connectivity index (χ0n) is 12.2. The van der Waals surface area contributed by atoms with Crippen molar-refractivity contribution < 1.29 is 19.4 Å². The molecule has 1 aromatic carbocycles. The number of nitrogens with zero attached hydrogens (tertiary/aromatic N) is 1. The van der Waals surface area contributed by atoms with Gasteiger partial charge in [0.2, 0.25) is 5.91 Å². The first kappa shape index (κ1) is 13.5. The van der Waals surface area contributed by atoms with E-state index in [0.717, 1.165) is 17.7 Å². The number of rotatable bonds is 3. The van der Waals surface area contributed by atoms with Crippen molar-refractivity contribution in [3.8, 4) is 0 Å². The number of hydrogen-bond donors (Lipinski definition) is 0. The number of fused-ring (bicyclic) bond motifs is 1. The van der Waals surface area contributed by atoms with Crippen molar-refractivity contribution in [3.05, 3.63) is 42.0 Å². The fraction of sp³-hybridized carbons (Fsp3) is 0.412. The van der Waals surface area contributed by atoms with Gasteiger partial charge in [0.05, 0.1) is 18.6 Å². The molecule has 1 amide bonds. The van der Waals surface area contributed by atoms with Crippen molar-refractivity contribution in [3.63, 3.8) is 0 Å². The number of carbonyl (C=O) groups excluding carboxylic acids is 2. The molecule has 0 aromatic heterocycles. The first-order valence-electron chi connectivity index (χ1n) is 7.55. The van der Waals surface area contributed by atoms with Crippen LogP contribution in [0.4, 0.5) is 5.69 Å². The third-order valence-corrected chi connectivity index (χ3v) is 5.04. The Morgan fingerprint density at radius 3 is 2.95 bits per heavy atom. The number of benzene rings is 1. The van der Waals surface area contributed by atoms with Gasteiger partial charge in [-0.05, 0) is 18.1 Å². The number of aryl methyl sites for hydroxylation is 1. The Labute approximate surface area is 128 Å². The van der Waals surface area contributed by atoms with Gasteiger partial charge in [0.25, 0.3) is 0 Å². The van der Waals surface area contributed by atoms with Gasteiger partial charge in [-0.15, -0.1) is 0 Å². The number of aliphatic carboxylic acids is 1. The molecule has 2 bridgehead atoms. The highest BCUT2D eigenvalue weighted by Crippen LogP contribution is 2.52. The van der Waals surface area contributed by atoms with Crippen molar-refractivity contribution >= 4 is 17.6 Å². The van der Waals surface area contributed by atoms with Crippen LogP contribution < -0.4 is 10.0 Å². The lowest BCUT2D eigenvalue weighted by Crippen LogP contribution is -2.45. The van der Waals surface area contributed by atoms with Crippen molar-refractivity contribution in [2.75, 3.05) is 11.4 Å². The Bertz CT molecular complexity index is 698. The quantitative estimate of drug-likeness (QED) is 0.752. The fourth-order valence-corrected chi connectivity index (χ4v) is 4.04. The average Bonchev–Trinajstić information content (AvgIpc) is 3.15. The summed E-state index contributed by atoms with van der Waals surface area (Å²) < 4.78 is 5.86. The number of hydrogen-bond acceptors (Lipinski definition) is 4. The van der Waals surface area contributed by atoms with E-state index in [0.29, 0.717) is 6.54 Å². The second-order valence-electron chi connectivity index (χ2n) is 6.13. The minimum Gasteiger partial charge on any atom is -0.550 e. The van der Waals surface area contributed by atoms with E-state index in [4.69, 9.17) is 4.74 Å². The molecule has 4 rings (SSSR count). The molecule has 2 saturated heterocycles. The number of amides is 1. The van der Waals surface area contributed by atoms with Gasteiger partial charge in [-0.25, -0.2) is 0 Å². The maximum Gasteiger partial charge on any atom is 0.234 e.